The molecule has 0 radical (unpaired) electrons. The first-order valence-corrected chi connectivity index (χ1v) is 4.14. The van der Waals surface area contributed by atoms with Crippen LogP contribution in [0.3, 0.4) is 0 Å². The molecule has 0 fully saturated rings. The highest BCUT2D eigenvalue weighted by molar-refractivity contribution is 5.70. The van der Waals surface area contributed by atoms with Crippen molar-refractivity contribution in [1.29, 1.82) is 0 Å². The van der Waals surface area contributed by atoms with Crippen LogP contribution < -0.4 is 5.73 Å². The van der Waals surface area contributed by atoms with E-state index >= 15 is 0 Å². The number of allylic oxidation sites excluding steroid dienone is 2. The summed E-state index contributed by atoms with van der Waals surface area (Å²) in [5.41, 5.74) is 6.44. The fraction of sp³-hybridized carbons (Fsp3) is 0.667. The van der Waals surface area contributed by atoms with Gasteiger partial charge in [0.1, 0.15) is 0 Å². The van der Waals surface area contributed by atoms with Gasteiger partial charge >= 0.3 is 5.97 Å². The minimum atomic E-state index is -0.752. The number of carboxylic acids is 1. The molecule has 3 heteroatoms. The van der Waals surface area contributed by atoms with Crippen LogP contribution in [0.25, 0.3) is 0 Å². The number of hydrogen-bond acceptors (Lipinski definition) is 2. The molecule has 70 valence electrons. The van der Waals surface area contributed by atoms with Crippen molar-refractivity contribution in [2.75, 3.05) is 6.54 Å². The van der Waals surface area contributed by atoms with Crippen LogP contribution in [0.4, 0.5) is 0 Å². The lowest BCUT2D eigenvalue weighted by atomic mass is 10.0. The average molecular weight is 171 g/mol. The summed E-state index contributed by atoms with van der Waals surface area (Å²) in [6, 6.07) is 0. The van der Waals surface area contributed by atoms with E-state index < -0.39 is 5.97 Å². The minimum Gasteiger partial charge on any atom is -0.481 e. The highest BCUT2D eigenvalue weighted by atomic mass is 16.4. The van der Waals surface area contributed by atoms with Crippen LogP contribution in [0.5, 0.6) is 0 Å². The molecule has 0 aromatic rings. The molecular formula is C9H17NO2. The van der Waals surface area contributed by atoms with Crippen LogP contribution in [0, 0.1) is 5.92 Å². The molecule has 0 spiro atoms. The lowest BCUT2D eigenvalue weighted by Gasteiger charge is -2.07. The zero-order valence-corrected chi connectivity index (χ0v) is 7.71. The first-order chi connectivity index (χ1) is 5.57. The fourth-order valence-corrected chi connectivity index (χ4v) is 0.921. The van der Waals surface area contributed by atoms with Crippen molar-refractivity contribution in [3.05, 3.63) is 11.6 Å². The van der Waals surface area contributed by atoms with Crippen molar-refractivity contribution >= 4 is 5.97 Å². The number of carboxylic acid groups (broad SMARTS) is 1. The molecule has 0 bridgehead atoms. The largest absolute Gasteiger partial charge is 0.481 e. The Balaban J connectivity index is 3.96. The predicted octanol–water partition coefficient (Wildman–Crippen LogP) is 1.39. The quantitative estimate of drug-likeness (QED) is 0.614. The van der Waals surface area contributed by atoms with Gasteiger partial charge in [-0.3, -0.25) is 4.79 Å². The van der Waals surface area contributed by atoms with Gasteiger partial charge in [-0.1, -0.05) is 11.6 Å². The number of carbonyl (C=O) groups is 1. The molecule has 0 aromatic heterocycles. The van der Waals surface area contributed by atoms with Gasteiger partial charge in [0.15, 0.2) is 0 Å². The maximum atomic E-state index is 10.6. The zero-order chi connectivity index (χ0) is 9.56. The molecule has 0 aromatic carbocycles. The first kappa shape index (κ1) is 11.2. The summed E-state index contributed by atoms with van der Waals surface area (Å²) in [6.07, 6.45) is 3.09. The third kappa shape index (κ3) is 4.91. The van der Waals surface area contributed by atoms with E-state index in [0.717, 1.165) is 5.57 Å². The Kier molecular flexibility index (Phi) is 5.37. The van der Waals surface area contributed by atoms with Gasteiger partial charge < -0.3 is 10.8 Å². The number of hydrogen-bond donors (Lipinski definition) is 2. The second kappa shape index (κ2) is 5.77. The summed E-state index contributed by atoms with van der Waals surface area (Å²) in [5, 5.41) is 8.73. The Morgan fingerprint density at radius 3 is 2.50 bits per heavy atom. The van der Waals surface area contributed by atoms with Crippen molar-refractivity contribution in [3.63, 3.8) is 0 Å². The molecule has 0 rings (SSSR count). The summed E-state index contributed by atoms with van der Waals surface area (Å²) in [7, 11) is 0. The van der Waals surface area contributed by atoms with E-state index in [1.807, 2.05) is 19.9 Å². The third-order valence-corrected chi connectivity index (χ3v) is 1.67. The SMILES string of the molecule is CC(C)=CCC(CCN)C(=O)O. The number of aliphatic carboxylic acids is 1. The van der Waals surface area contributed by atoms with Gasteiger partial charge in [-0.05, 0) is 33.2 Å². The topological polar surface area (TPSA) is 63.3 Å². The molecule has 0 amide bonds. The van der Waals surface area contributed by atoms with Crippen LogP contribution in [0.2, 0.25) is 0 Å². The summed E-state index contributed by atoms with van der Waals surface area (Å²) in [6.45, 7) is 4.36. The zero-order valence-electron chi connectivity index (χ0n) is 7.71. The normalized spacial score (nSPS) is 12.2. The van der Waals surface area contributed by atoms with E-state index in [0.29, 0.717) is 19.4 Å². The van der Waals surface area contributed by atoms with Crippen molar-refractivity contribution in [2.45, 2.75) is 26.7 Å². The van der Waals surface area contributed by atoms with Crippen molar-refractivity contribution in [3.8, 4) is 0 Å². The molecule has 3 nitrogen and oxygen atoms in total. The van der Waals surface area contributed by atoms with E-state index in [1.54, 1.807) is 0 Å². The molecule has 0 aliphatic rings. The first-order valence-electron chi connectivity index (χ1n) is 4.14. The van der Waals surface area contributed by atoms with Crippen LogP contribution in [0.15, 0.2) is 11.6 Å². The second-order valence-corrected chi connectivity index (χ2v) is 3.13. The predicted molar refractivity (Wildman–Crippen MR) is 48.8 cm³/mol. The van der Waals surface area contributed by atoms with Crippen LogP contribution in [-0.2, 0) is 4.79 Å². The van der Waals surface area contributed by atoms with Gasteiger partial charge in [0, 0.05) is 0 Å². The molecule has 1 unspecified atom stereocenters. The fourth-order valence-electron chi connectivity index (χ4n) is 0.921. The monoisotopic (exact) mass is 171 g/mol. The van der Waals surface area contributed by atoms with Gasteiger partial charge in [-0.25, -0.2) is 0 Å². The molecule has 0 heterocycles. The molecule has 0 saturated carbocycles. The van der Waals surface area contributed by atoms with Crippen LogP contribution in [-0.4, -0.2) is 17.6 Å². The number of rotatable bonds is 5. The number of nitrogens with two attached hydrogens (primary N) is 1. The Morgan fingerprint density at radius 1 is 1.58 bits per heavy atom. The highest BCUT2D eigenvalue weighted by Gasteiger charge is 2.14. The summed E-state index contributed by atoms with van der Waals surface area (Å²) < 4.78 is 0. The summed E-state index contributed by atoms with van der Waals surface area (Å²) in [5.74, 6) is -1.07. The highest BCUT2D eigenvalue weighted by Crippen LogP contribution is 2.10. The van der Waals surface area contributed by atoms with E-state index in [4.69, 9.17) is 10.8 Å². The minimum absolute atomic E-state index is 0.315. The maximum absolute atomic E-state index is 10.6. The van der Waals surface area contributed by atoms with E-state index in [-0.39, 0.29) is 5.92 Å². The average Bonchev–Trinajstić information content (AvgIpc) is 1.96. The van der Waals surface area contributed by atoms with E-state index in [9.17, 15) is 4.79 Å². The molecule has 0 aliphatic heterocycles. The lowest BCUT2D eigenvalue weighted by molar-refractivity contribution is -0.141. The standard InChI is InChI=1S/C9H17NO2/c1-7(2)3-4-8(5-6-10)9(11)12/h3,8H,4-6,10H2,1-2H3,(H,11,12). The third-order valence-electron chi connectivity index (χ3n) is 1.67. The Morgan fingerprint density at radius 2 is 2.17 bits per heavy atom. The Hall–Kier alpha value is -0.830. The molecule has 3 N–H and O–H groups in total. The molecular weight excluding hydrogens is 154 g/mol. The smallest absolute Gasteiger partial charge is 0.306 e. The second-order valence-electron chi connectivity index (χ2n) is 3.13. The van der Waals surface area contributed by atoms with Crippen molar-refractivity contribution < 1.29 is 9.90 Å². The van der Waals surface area contributed by atoms with Gasteiger partial charge in [-0.15, -0.1) is 0 Å². The van der Waals surface area contributed by atoms with E-state index in [2.05, 4.69) is 0 Å². The maximum Gasteiger partial charge on any atom is 0.306 e. The Bertz CT molecular complexity index is 171. The summed E-state index contributed by atoms with van der Waals surface area (Å²) >= 11 is 0. The Labute approximate surface area is 73.3 Å². The van der Waals surface area contributed by atoms with Crippen LogP contribution >= 0.6 is 0 Å². The molecule has 12 heavy (non-hydrogen) atoms. The van der Waals surface area contributed by atoms with Gasteiger partial charge in [-0.2, -0.15) is 0 Å². The molecule has 0 saturated heterocycles. The summed E-state index contributed by atoms with van der Waals surface area (Å²) in [4.78, 5) is 10.6. The lowest BCUT2D eigenvalue weighted by Crippen LogP contribution is -2.17. The van der Waals surface area contributed by atoms with Gasteiger partial charge in [0.2, 0.25) is 0 Å². The van der Waals surface area contributed by atoms with Gasteiger partial charge in [0.05, 0.1) is 5.92 Å². The van der Waals surface area contributed by atoms with Crippen molar-refractivity contribution in [2.24, 2.45) is 11.7 Å². The molecule has 0 aliphatic carbocycles. The molecule has 1 atom stereocenters. The van der Waals surface area contributed by atoms with E-state index in [1.165, 1.54) is 0 Å². The van der Waals surface area contributed by atoms with Crippen molar-refractivity contribution in [1.82, 2.24) is 0 Å². The van der Waals surface area contributed by atoms with Crippen LogP contribution in [0.1, 0.15) is 26.7 Å². The van der Waals surface area contributed by atoms with Gasteiger partial charge in [0.25, 0.3) is 0 Å².